The Bertz CT molecular complexity index is 354. The van der Waals surface area contributed by atoms with Gasteiger partial charge in [-0.25, -0.2) is 9.59 Å². The lowest BCUT2D eigenvalue weighted by Gasteiger charge is -2.31. The average molecular weight is 276 g/mol. The lowest BCUT2D eigenvalue weighted by Crippen LogP contribution is -2.56. The van der Waals surface area contributed by atoms with Crippen molar-refractivity contribution in [1.29, 1.82) is 0 Å². The highest BCUT2D eigenvalue weighted by Gasteiger charge is 2.58. The second kappa shape index (κ2) is 4.49. The Kier molecular flexibility index (Phi) is 3.35. The molecule has 0 aliphatic carbocycles. The molecule has 17 heavy (non-hydrogen) atoms. The first-order valence-electron chi connectivity index (χ1n) is 5.43. The van der Waals surface area contributed by atoms with Crippen molar-refractivity contribution in [2.75, 3.05) is 24.6 Å². The molecule has 0 saturated carbocycles. The van der Waals surface area contributed by atoms with E-state index in [1.54, 1.807) is 9.80 Å². The number of rotatable bonds is 4. The lowest BCUT2D eigenvalue weighted by atomic mass is 10.1. The summed E-state index contributed by atoms with van der Waals surface area (Å²) in [7, 11) is 0. The Balaban J connectivity index is 2.29. The van der Waals surface area contributed by atoms with Crippen LogP contribution in [0.1, 0.15) is 6.92 Å². The van der Waals surface area contributed by atoms with Crippen LogP contribution in [0.4, 0.5) is 9.59 Å². The minimum absolute atomic E-state index is 0.0897. The molecule has 2 heterocycles. The number of amides is 4. The van der Waals surface area contributed by atoms with E-state index in [1.807, 2.05) is 6.92 Å². The van der Waals surface area contributed by atoms with Crippen LogP contribution in [0.25, 0.3) is 0 Å². The molecular formula is C9H16N4O2S2. The predicted molar refractivity (Wildman–Crippen MR) is 70.4 cm³/mol. The van der Waals surface area contributed by atoms with Crippen LogP contribution in [-0.4, -0.2) is 58.3 Å². The van der Waals surface area contributed by atoms with E-state index in [9.17, 15) is 9.59 Å². The first kappa shape index (κ1) is 12.7. The van der Waals surface area contributed by atoms with Gasteiger partial charge in [0.15, 0.2) is 5.66 Å². The van der Waals surface area contributed by atoms with Gasteiger partial charge in [0.2, 0.25) is 0 Å². The maximum atomic E-state index is 12.2. The third-order valence-corrected chi connectivity index (χ3v) is 3.58. The van der Waals surface area contributed by atoms with Crippen LogP contribution in [0.3, 0.4) is 0 Å². The summed E-state index contributed by atoms with van der Waals surface area (Å²) in [5, 5.41) is 5.56. The molecule has 2 N–H and O–H groups in total. The number of nitrogens with one attached hydrogen (secondary N) is 2. The van der Waals surface area contributed by atoms with Gasteiger partial charge in [-0.05, 0) is 6.92 Å². The summed E-state index contributed by atoms with van der Waals surface area (Å²) in [6.07, 6.45) is -0.338. The lowest BCUT2D eigenvalue weighted by molar-refractivity contribution is 0.150. The first-order valence-corrected chi connectivity index (χ1v) is 6.69. The molecule has 2 aliphatic rings. The van der Waals surface area contributed by atoms with Crippen LogP contribution in [0, 0.1) is 0 Å². The minimum atomic E-state index is -0.695. The molecule has 2 unspecified atom stereocenters. The van der Waals surface area contributed by atoms with Gasteiger partial charge in [-0.2, -0.15) is 25.3 Å². The number of hydrogen-bond donors (Lipinski definition) is 4. The van der Waals surface area contributed by atoms with Gasteiger partial charge in [0.25, 0.3) is 0 Å². The van der Waals surface area contributed by atoms with Gasteiger partial charge in [0.1, 0.15) is 6.17 Å². The number of fused-ring (bicyclic) bond motifs is 1. The van der Waals surface area contributed by atoms with Crippen LogP contribution < -0.4 is 10.6 Å². The van der Waals surface area contributed by atoms with E-state index in [1.165, 1.54) is 0 Å². The molecular weight excluding hydrogens is 260 g/mol. The fourth-order valence-electron chi connectivity index (χ4n) is 2.42. The van der Waals surface area contributed by atoms with E-state index in [-0.39, 0.29) is 18.2 Å². The van der Waals surface area contributed by atoms with Gasteiger partial charge < -0.3 is 10.6 Å². The summed E-state index contributed by atoms with van der Waals surface area (Å²) in [6, 6.07) is -0.341. The van der Waals surface area contributed by atoms with Gasteiger partial charge >= 0.3 is 12.1 Å². The van der Waals surface area contributed by atoms with Crippen molar-refractivity contribution in [1.82, 2.24) is 20.4 Å². The maximum absolute atomic E-state index is 12.2. The minimum Gasteiger partial charge on any atom is -0.314 e. The van der Waals surface area contributed by atoms with Gasteiger partial charge in [-0.15, -0.1) is 0 Å². The van der Waals surface area contributed by atoms with Gasteiger partial charge in [-0.3, -0.25) is 9.80 Å². The summed E-state index contributed by atoms with van der Waals surface area (Å²) in [4.78, 5) is 26.9. The number of thiol groups is 2. The zero-order chi connectivity index (χ0) is 12.6. The van der Waals surface area contributed by atoms with Gasteiger partial charge in [0, 0.05) is 24.6 Å². The van der Waals surface area contributed by atoms with Gasteiger partial charge in [0.05, 0.1) is 0 Å². The molecule has 0 radical (unpaired) electrons. The third kappa shape index (κ3) is 1.83. The zero-order valence-corrected chi connectivity index (χ0v) is 11.3. The van der Waals surface area contributed by atoms with E-state index >= 15 is 0 Å². The molecule has 0 aromatic rings. The average Bonchev–Trinajstić information content (AvgIpc) is 2.65. The quantitative estimate of drug-likeness (QED) is 0.544. The molecule has 8 heteroatoms. The van der Waals surface area contributed by atoms with E-state index in [4.69, 9.17) is 0 Å². The monoisotopic (exact) mass is 276 g/mol. The first-order chi connectivity index (χ1) is 8.04. The number of hydrogen-bond acceptors (Lipinski definition) is 4. The van der Waals surface area contributed by atoms with Crippen molar-refractivity contribution in [3.05, 3.63) is 0 Å². The molecule has 0 aromatic heterocycles. The SMILES string of the molecule is CC12NC(=O)NC1N(CCS)C(=O)N2CCS. The predicted octanol–water partition coefficient (Wildman–Crippen LogP) is -0.0613. The number of carbonyl (C=O) groups excluding carboxylic acids is 2. The Morgan fingerprint density at radius 1 is 1.29 bits per heavy atom. The fraction of sp³-hybridized carbons (Fsp3) is 0.778. The smallest absolute Gasteiger partial charge is 0.314 e. The highest BCUT2D eigenvalue weighted by molar-refractivity contribution is 7.80. The van der Waals surface area contributed by atoms with Crippen LogP contribution >= 0.6 is 25.3 Å². The van der Waals surface area contributed by atoms with Gasteiger partial charge in [-0.1, -0.05) is 0 Å². The molecule has 6 nitrogen and oxygen atoms in total. The van der Waals surface area contributed by atoms with E-state index in [0.29, 0.717) is 24.6 Å². The van der Waals surface area contributed by atoms with Crippen LogP contribution in [0.15, 0.2) is 0 Å². The van der Waals surface area contributed by atoms with Crippen molar-refractivity contribution in [3.63, 3.8) is 0 Å². The molecule has 4 amide bonds. The standard InChI is InChI=1S/C9H16N4O2S2/c1-9-6(10-7(14)11-9)12(2-4-16)8(15)13(9)3-5-17/h6,16-17H,2-5H2,1H3,(H2,10,11,14). The van der Waals surface area contributed by atoms with Crippen LogP contribution in [0.2, 0.25) is 0 Å². The van der Waals surface area contributed by atoms with E-state index < -0.39 is 5.66 Å². The van der Waals surface area contributed by atoms with Crippen LogP contribution in [-0.2, 0) is 0 Å². The Hall–Kier alpha value is -0.760. The second-order valence-electron chi connectivity index (χ2n) is 4.22. The molecule has 2 atom stereocenters. The molecule has 0 aromatic carbocycles. The normalized spacial score (nSPS) is 31.6. The summed E-state index contributed by atoms with van der Waals surface area (Å²) in [6.45, 7) is 2.85. The fourth-order valence-corrected chi connectivity index (χ4v) is 2.84. The summed E-state index contributed by atoms with van der Waals surface area (Å²) < 4.78 is 0. The summed E-state index contributed by atoms with van der Waals surface area (Å²) >= 11 is 8.28. The Labute approximate surface area is 111 Å². The highest BCUT2D eigenvalue weighted by Crippen LogP contribution is 2.32. The van der Waals surface area contributed by atoms with E-state index in [0.717, 1.165) is 0 Å². The van der Waals surface area contributed by atoms with Crippen molar-refractivity contribution in [2.45, 2.75) is 18.8 Å². The largest absolute Gasteiger partial charge is 0.323 e. The van der Waals surface area contributed by atoms with Crippen molar-refractivity contribution >= 4 is 37.3 Å². The number of carbonyl (C=O) groups is 2. The van der Waals surface area contributed by atoms with Crippen molar-refractivity contribution < 1.29 is 9.59 Å². The summed E-state index contributed by atoms with van der Waals surface area (Å²) in [5.41, 5.74) is -0.695. The third-order valence-electron chi connectivity index (χ3n) is 3.18. The second-order valence-corrected chi connectivity index (χ2v) is 5.12. The Morgan fingerprint density at radius 3 is 2.53 bits per heavy atom. The van der Waals surface area contributed by atoms with Crippen molar-refractivity contribution in [2.24, 2.45) is 0 Å². The summed E-state index contributed by atoms with van der Waals surface area (Å²) in [5.74, 6) is 1.11. The zero-order valence-electron chi connectivity index (χ0n) is 9.51. The maximum Gasteiger partial charge on any atom is 0.323 e. The van der Waals surface area contributed by atoms with Crippen molar-refractivity contribution in [3.8, 4) is 0 Å². The molecule has 2 fully saturated rings. The number of urea groups is 2. The topological polar surface area (TPSA) is 64.7 Å². The molecule has 0 bridgehead atoms. The number of nitrogens with zero attached hydrogens (tertiary/aromatic N) is 2. The molecule has 2 aliphatic heterocycles. The molecule has 2 rings (SSSR count). The van der Waals surface area contributed by atoms with Crippen LogP contribution in [0.5, 0.6) is 0 Å². The molecule has 0 spiro atoms. The highest BCUT2D eigenvalue weighted by atomic mass is 32.1. The van der Waals surface area contributed by atoms with E-state index in [2.05, 4.69) is 35.9 Å². The molecule has 2 saturated heterocycles. The Morgan fingerprint density at radius 2 is 1.94 bits per heavy atom. The molecule has 96 valence electrons.